The van der Waals surface area contributed by atoms with Crippen LogP contribution in [0.3, 0.4) is 0 Å². The molecule has 1 heterocycles. The van der Waals surface area contributed by atoms with E-state index in [-0.39, 0.29) is 0 Å². The Kier molecular flexibility index (Phi) is 4.46. The molecule has 0 aliphatic rings. The molecule has 0 atom stereocenters. The van der Waals surface area contributed by atoms with E-state index in [2.05, 4.69) is 10.3 Å². The summed E-state index contributed by atoms with van der Waals surface area (Å²) in [4.78, 5) is 4.23. The van der Waals surface area contributed by atoms with E-state index in [0.717, 1.165) is 24.3 Å². The van der Waals surface area contributed by atoms with Crippen LogP contribution in [0.5, 0.6) is 11.5 Å². The first kappa shape index (κ1) is 13.5. The Bertz CT molecular complexity index is 529. The summed E-state index contributed by atoms with van der Waals surface area (Å²) in [5.74, 6) is 1.29. The van der Waals surface area contributed by atoms with Crippen LogP contribution in [0.2, 0.25) is 0 Å². The van der Waals surface area contributed by atoms with Gasteiger partial charge >= 0.3 is 0 Å². The van der Waals surface area contributed by atoms with Gasteiger partial charge in [0.05, 0.1) is 36.8 Å². The molecular formula is C13H17N3O2S. The second kappa shape index (κ2) is 6.29. The van der Waals surface area contributed by atoms with E-state index in [1.807, 2.05) is 17.0 Å². The van der Waals surface area contributed by atoms with Crippen molar-refractivity contribution in [3.8, 4) is 11.5 Å². The van der Waals surface area contributed by atoms with E-state index in [4.69, 9.17) is 15.2 Å². The maximum atomic E-state index is 5.97. The number of hydrogen-bond acceptors (Lipinski definition) is 6. The van der Waals surface area contributed by atoms with E-state index < -0.39 is 0 Å². The number of anilines is 2. The SMILES string of the molecule is COc1cc(N)c(NCCc2cscn2)cc1OC. The van der Waals surface area contributed by atoms with Crippen molar-refractivity contribution in [1.82, 2.24) is 4.98 Å². The summed E-state index contributed by atoms with van der Waals surface area (Å²) in [5.41, 5.74) is 10.4. The number of nitrogens with one attached hydrogen (secondary N) is 1. The molecule has 0 aliphatic carbocycles. The van der Waals surface area contributed by atoms with Gasteiger partial charge in [-0.15, -0.1) is 11.3 Å². The minimum Gasteiger partial charge on any atom is -0.493 e. The Labute approximate surface area is 116 Å². The van der Waals surface area contributed by atoms with Crippen molar-refractivity contribution in [2.24, 2.45) is 0 Å². The molecule has 0 amide bonds. The molecule has 19 heavy (non-hydrogen) atoms. The molecule has 102 valence electrons. The molecule has 5 nitrogen and oxygen atoms in total. The predicted molar refractivity (Wildman–Crippen MR) is 78.3 cm³/mol. The molecule has 0 radical (unpaired) electrons. The number of nitrogens with zero attached hydrogens (tertiary/aromatic N) is 1. The second-order valence-electron chi connectivity index (χ2n) is 3.95. The summed E-state index contributed by atoms with van der Waals surface area (Å²) in [7, 11) is 3.19. The first-order valence-electron chi connectivity index (χ1n) is 5.87. The number of nitrogen functional groups attached to an aromatic ring is 1. The number of benzene rings is 1. The topological polar surface area (TPSA) is 69.4 Å². The zero-order valence-electron chi connectivity index (χ0n) is 11.0. The van der Waals surface area contributed by atoms with Gasteiger partial charge in [0.1, 0.15) is 0 Å². The van der Waals surface area contributed by atoms with Gasteiger partial charge in [0, 0.05) is 30.5 Å². The molecule has 3 N–H and O–H groups in total. The van der Waals surface area contributed by atoms with Gasteiger partial charge in [-0.3, -0.25) is 0 Å². The fourth-order valence-electron chi connectivity index (χ4n) is 1.73. The van der Waals surface area contributed by atoms with Gasteiger partial charge in [-0.2, -0.15) is 0 Å². The molecule has 2 aromatic rings. The Balaban J connectivity index is 2.03. The summed E-state index contributed by atoms with van der Waals surface area (Å²) >= 11 is 1.60. The fraction of sp³-hybridized carbons (Fsp3) is 0.308. The molecule has 1 aromatic heterocycles. The maximum Gasteiger partial charge on any atom is 0.162 e. The highest BCUT2D eigenvalue weighted by Gasteiger charge is 2.08. The molecule has 0 bridgehead atoms. The van der Waals surface area contributed by atoms with Crippen LogP contribution in [-0.4, -0.2) is 25.7 Å². The van der Waals surface area contributed by atoms with E-state index in [0.29, 0.717) is 17.2 Å². The third-order valence-electron chi connectivity index (χ3n) is 2.74. The van der Waals surface area contributed by atoms with Crippen LogP contribution in [0.15, 0.2) is 23.0 Å². The smallest absolute Gasteiger partial charge is 0.162 e. The van der Waals surface area contributed by atoms with Crippen molar-refractivity contribution in [1.29, 1.82) is 0 Å². The highest BCUT2D eigenvalue weighted by Crippen LogP contribution is 2.34. The lowest BCUT2D eigenvalue weighted by atomic mass is 10.2. The lowest BCUT2D eigenvalue weighted by Gasteiger charge is -2.13. The average molecular weight is 279 g/mol. The van der Waals surface area contributed by atoms with Crippen molar-refractivity contribution < 1.29 is 9.47 Å². The van der Waals surface area contributed by atoms with Crippen LogP contribution in [0.1, 0.15) is 5.69 Å². The van der Waals surface area contributed by atoms with Gasteiger partial charge in [0.25, 0.3) is 0 Å². The van der Waals surface area contributed by atoms with Crippen LogP contribution in [-0.2, 0) is 6.42 Å². The quantitative estimate of drug-likeness (QED) is 0.795. The predicted octanol–water partition coefficient (Wildman–Crippen LogP) is 2.40. The summed E-state index contributed by atoms with van der Waals surface area (Å²) in [5, 5.41) is 5.32. The minimum atomic E-state index is 0.630. The largest absolute Gasteiger partial charge is 0.493 e. The van der Waals surface area contributed by atoms with Gasteiger partial charge in [-0.1, -0.05) is 0 Å². The summed E-state index contributed by atoms with van der Waals surface area (Å²) in [6.07, 6.45) is 0.858. The van der Waals surface area contributed by atoms with Crippen molar-refractivity contribution in [2.75, 3.05) is 31.8 Å². The van der Waals surface area contributed by atoms with Crippen molar-refractivity contribution >= 4 is 22.7 Å². The number of rotatable bonds is 6. The van der Waals surface area contributed by atoms with E-state index in [1.54, 1.807) is 31.6 Å². The minimum absolute atomic E-state index is 0.630. The molecule has 0 saturated carbocycles. The number of methoxy groups -OCH3 is 2. The highest BCUT2D eigenvalue weighted by molar-refractivity contribution is 7.07. The van der Waals surface area contributed by atoms with Crippen LogP contribution >= 0.6 is 11.3 Å². The lowest BCUT2D eigenvalue weighted by molar-refractivity contribution is 0.355. The summed E-state index contributed by atoms with van der Waals surface area (Å²) in [6, 6.07) is 3.60. The van der Waals surface area contributed by atoms with Crippen molar-refractivity contribution in [3.63, 3.8) is 0 Å². The zero-order chi connectivity index (χ0) is 13.7. The third-order valence-corrected chi connectivity index (χ3v) is 3.37. The summed E-state index contributed by atoms with van der Waals surface area (Å²) in [6.45, 7) is 0.767. The molecule has 1 aromatic carbocycles. The molecular weight excluding hydrogens is 262 g/mol. The summed E-state index contributed by atoms with van der Waals surface area (Å²) < 4.78 is 10.4. The molecule has 0 aliphatic heterocycles. The standard InChI is InChI=1S/C13H17N3O2S/c1-17-12-5-10(14)11(6-13(12)18-2)15-4-3-9-7-19-8-16-9/h5-8,15H,3-4,14H2,1-2H3. The van der Waals surface area contributed by atoms with Gasteiger partial charge in [0.2, 0.25) is 0 Å². The lowest BCUT2D eigenvalue weighted by Crippen LogP contribution is -2.07. The monoisotopic (exact) mass is 279 g/mol. The number of nitrogens with two attached hydrogens (primary N) is 1. The van der Waals surface area contributed by atoms with Crippen LogP contribution in [0.25, 0.3) is 0 Å². The van der Waals surface area contributed by atoms with Gasteiger partial charge in [0.15, 0.2) is 11.5 Å². The molecule has 2 rings (SSSR count). The van der Waals surface area contributed by atoms with E-state index >= 15 is 0 Å². The van der Waals surface area contributed by atoms with Crippen LogP contribution in [0.4, 0.5) is 11.4 Å². The molecule has 0 spiro atoms. The second-order valence-corrected chi connectivity index (χ2v) is 4.67. The van der Waals surface area contributed by atoms with Crippen LogP contribution < -0.4 is 20.5 Å². The maximum absolute atomic E-state index is 5.97. The average Bonchev–Trinajstić information content (AvgIpc) is 2.93. The number of ether oxygens (including phenoxy) is 2. The van der Waals surface area contributed by atoms with Gasteiger partial charge in [-0.05, 0) is 0 Å². The number of aromatic nitrogens is 1. The molecule has 0 saturated heterocycles. The number of hydrogen-bond donors (Lipinski definition) is 2. The van der Waals surface area contributed by atoms with E-state index in [1.165, 1.54) is 0 Å². The van der Waals surface area contributed by atoms with E-state index in [9.17, 15) is 0 Å². The Morgan fingerprint density at radius 2 is 2.00 bits per heavy atom. The normalized spacial score (nSPS) is 10.2. The first-order chi connectivity index (χ1) is 9.24. The van der Waals surface area contributed by atoms with Crippen LogP contribution in [0, 0.1) is 0 Å². The number of thiazole rings is 1. The van der Waals surface area contributed by atoms with Gasteiger partial charge < -0.3 is 20.5 Å². The molecule has 0 fully saturated rings. The fourth-order valence-corrected chi connectivity index (χ4v) is 2.33. The van der Waals surface area contributed by atoms with Crippen molar-refractivity contribution in [2.45, 2.75) is 6.42 Å². The Morgan fingerprint density at radius 1 is 1.26 bits per heavy atom. The van der Waals surface area contributed by atoms with Crippen molar-refractivity contribution in [3.05, 3.63) is 28.7 Å². The Hall–Kier alpha value is -1.95. The first-order valence-corrected chi connectivity index (χ1v) is 6.81. The highest BCUT2D eigenvalue weighted by atomic mass is 32.1. The molecule has 0 unspecified atom stereocenters. The van der Waals surface area contributed by atoms with Gasteiger partial charge in [-0.25, -0.2) is 4.98 Å². The third kappa shape index (κ3) is 3.29. The molecule has 6 heteroatoms. The Morgan fingerprint density at radius 3 is 2.63 bits per heavy atom. The zero-order valence-corrected chi connectivity index (χ0v) is 11.8.